The highest BCUT2D eigenvalue weighted by Gasteiger charge is 2.16. The van der Waals surface area contributed by atoms with E-state index in [0.29, 0.717) is 11.4 Å². The fourth-order valence-corrected chi connectivity index (χ4v) is 2.14. The molecule has 84 valence electrons. The lowest BCUT2D eigenvalue weighted by Crippen LogP contribution is -2.06. The summed E-state index contributed by atoms with van der Waals surface area (Å²) < 4.78 is 0. The number of benzene rings is 1. The first-order valence-corrected chi connectivity index (χ1v) is 5.71. The first kappa shape index (κ1) is 9.91. The Hall–Kier alpha value is -2.28. The predicted molar refractivity (Wildman–Crippen MR) is 65.9 cm³/mol. The van der Waals surface area contributed by atoms with Crippen molar-refractivity contribution in [2.24, 2.45) is 0 Å². The molecular weight excluding hydrogens is 212 g/mol. The highest BCUT2D eigenvalue weighted by atomic mass is 15.0. The molecular formula is C13H12N4. The molecule has 0 spiro atoms. The summed E-state index contributed by atoms with van der Waals surface area (Å²) in [7, 11) is 0. The molecule has 4 heteroatoms. The number of aromatic amines is 1. The Bertz CT molecular complexity index is 589. The number of nitrogens with one attached hydrogen (secondary N) is 2. The fraction of sp³-hybridized carbons (Fsp3) is 0.231. The molecule has 1 fully saturated rings. The van der Waals surface area contributed by atoms with Crippen LogP contribution in [0.5, 0.6) is 0 Å². The van der Waals surface area contributed by atoms with Gasteiger partial charge in [0.2, 0.25) is 0 Å². The Kier molecular flexibility index (Phi) is 2.30. The van der Waals surface area contributed by atoms with E-state index in [4.69, 9.17) is 0 Å². The number of imidazole rings is 1. The van der Waals surface area contributed by atoms with Crippen LogP contribution in [0.4, 0.5) is 0 Å². The summed E-state index contributed by atoms with van der Waals surface area (Å²) in [5, 5.41) is 12.5. The van der Waals surface area contributed by atoms with Gasteiger partial charge in [-0.25, -0.2) is 4.98 Å². The summed E-state index contributed by atoms with van der Waals surface area (Å²) in [5.41, 5.74) is 3.51. The van der Waals surface area contributed by atoms with Crippen LogP contribution in [0.25, 0.3) is 16.6 Å². The zero-order chi connectivity index (χ0) is 11.7. The number of H-pyrrole nitrogens is 1. The Morgan fingerprint density at radius 3 is 2.94 bits per heavy atom. The van der Waals surface area contributed by atoms with Crippen LogP contribution in [0.1, 0.15) is 18.7 Å². The van der Waals surface area contributed by atoms with Crippen LogP contribution in [-0.4, -0.2) is 16.5 Å². The lowest BCUT2D eigenvalue weighted by Gasteiger charge is -2.00. The second-order valence-corrected chi connectivity index (χ2v) is 4.10. The van der Waals surface area contributed by atoms with Crippen LogP contribution in [0, 0.1) is 11.3 Å². The first-order valence-electron chi connectivity index (χ1n) is 5.71. The second-order valence-electron chi connectivity index (χ2n) is 4.10. The standard InChI is InChI=1S/C13H12N4/c14-8-9(10-6-3-7-15-10)13-16-11-4-1-2-5-12(11)17-13/h1-2,4-5,15H,3,6-7H2,(H,16,17). The molecule has 2 N–H and O–H groups in total. The van der Waals surface area contributed by atoms with Gasteiger partial charge in [0.05, 0.1) is 11.0 Å². The van der Waals surface area contributed by atoms with Crippen LogP contribution in [0.15, 0.2) is 30.0 Å². The van der Waals surface area contributed by atoms with E-state index < -0.39 is 0 Å². The van der Waals surface area contributed by atoms with Crippen LogP contribution in [-0.2, 0) is 0 Å². The van der Waals surface area contributed by atoms with Crippen LogP contribution >= 0.6 is 0 Å². The van der Waals surface area contributed by atoms with Gasteiger partial charge >= 0.3 is 0 Å². The highest BCUT2D eigenvalue weighted by Crippen LogP contribution is 2.22. The molecule has 1 aliphatic heterocycles. The Labute approximate surface area is 99.0 Å². The van der Waals surface area contributed by atoms with Gasteiger partial charge in [0.1, 0.15) is 11.6 Å². The van der Waals surface area contributed by atoms with Gasteiger partial charge in [-0.2, -0.15) is 5.26 Å². The van der Waals surface area contributed by atoms with Crippen molar-refractivity contribution in [1.29, 1.82) is 5.26 Å². The van der Waals surface area contributed by atoms with Crippen molar-refractivity contribution in [3.63, 3.8) is 0 Å². The first-order chi connectivity index (χ1) is 8.38. The quantitative estimate of drug-likeness (QED) is 0.730. The van der Waals surface area contributed by atoms with Gasteiger partial charge in [-0.1, -0.05) is 12.1 Å². The maximum atomic E-state index is 9.26. The van der Waals surface area contributed by atoms with Crippen molar-refractivity contribution < 1.29 is 0 Å². The van der Waals surface area contributed by atoms with E-state index in [1.165, 1.54) is 0 Å². The third-order valence-electron chi connectivity index (χ3n) is 2.98. The Balaban J connectivity index is 2.14. The number of fused-ring (bicyclic) bond motifs is 1. The van der Waals surface area contributed by atoms with Crippen molar-refractivity contribution >= 4 is 16.6 Å². The lowest BCUT2D eigenvalue weighted by molar-refractivity contribution is 0.904. The van der Waals surface area contributed by atoms with Crippen molar-refractivity contribution in [2.45, 2.75) is 12.8 Å². The van der Waals surface area contributed by atoms with Crippen LogP contribution < -0.4 is 5.32 Å². The summed E-state index contributed by atoms with van der Waals surface area (Å²) >= 11 is 0. The normalized spacial score (nSPS) is 17.8. The van der Waals surface area contributed by atoms with Gasteiger partial charge in [0.15, 0.2) is 5.82 Å². The average molecular weight is 224 g/mol. The van der Waals surface area contributed by atoms with Crippen molar-refractivity contribution in [1.82, 2.24) is 15.3 Å². The Morgan fingerprint density at radius 2 is 2.24 bits per heavy atom. The molecule has 0 bridgehead atoms. The molecule has 0 unspecified atom stereocenters. The Morgan fingerprint density at radius 1 is 1.35 bits per heavy atom. The van der Waals surface area contributed by atoms with Gasteiger partial charge in [-0.15, -0.1) is 0 Å². The minimum absolute atomic E-state index is 0.638. The molecule has 2 aromatic rings. The van der Waals surface area contributed by atoms with E-state index >= 15 is 0 Å². The van der Waals surface area contributed by atoms with E-state index in [1.807, 2.05) is 24.3 Å². The highest BCUT2D eigenvalue weighted by molar-refractivity contribution is 5.83. The number of hydrogen-bond acceptors (Lipinski definition) is 3. The molecule has 0 amide bonds. The van der Waals surface area contributed by atoms with Crippen molar-refractivity contribution in [3.05, 3.63) is 35.8 Å². The third kappa shape index (κ3) is 1.66. The molecule has 1 aromatic carbocycles. The lowest BCUT2D eigenvalue weighted by atomic mass is 10.2. The van der Waals surface area contributed by atoms with Crippen molar-refractivity contribution in [3.8, 4) is 6.07 Å². The van der Waals surface area contributed by atoms with E-state index in [-0.39, 0.29) is 0 Å². The average Bonchev–Trinajstić information content (AvgIpc) is 2.98. The summed E-state index contributed by atoms with van der Waals surface area (Å²) in [6.45, 7) is 0.945. The molecule has 17 heavy (non-hydrogen) atoms. The number of aromatic nitrogens is 2. The molecule has 2 heterocycles. The maximum Gasteiger partial charge on any atom is 0.150 e. The van der Waals surface area contributed by atoms with Crippen LogP contribution in [0.2, 0.25) is 0 Å². The molecule has 0 atom stereocenters. The number of nitriles is 1. The summed E-state index contributed by atoms with van der Waals surface area (Å²) in [6.07, 6.45) is 2.01. The monoisotopic (exact) mass is 224 g/mol. The SMILES string of the molecule is N#CC(=C1CCCN1)c1nc2ccccc2[nH]1. The third-order valence-corrected chi connectivity index (χ3v) is 2.98. The van der Waals surface area contributed by atoms with E-state index in [2.05, 4.69) is 21.4 Å². The van der Waals surface area contributed by atoms with Gasteiger partial charge < -0.3 is 10.3 Å². The summed E-state index contributed by atoms with van der Waals surface area (Å²) in [5.74, 6) is 0.665. The molecule has 1 aromatic heterocycles. The molecule has 1 saturated heterocycles. The summed E-state index contributed by atoms with van der Waals surface area (Å²) in [4.78, 5) is 7.64. The minimum atomic E-state index is 0.638. The van der Waals surface area contributed by atoms with E-state index in [0.717, 1.165) is 36.1 Å². The zero-order valence-electron chi connectivity index (χ0n) is 9.33. The number of allylic oxidation sites excluding steroid dienone is 2. The van der Waals surface area contributed by atoms with Crippen molar-refractivity contribution in [2.75, 3.05) is 6.54 Å². The number of hydrogen-bond donors (Lipinski definition) is 2. The molecule has 4 nitrogen and oxygen atoms in total. The summed E-state index contributed by atoms with van der Waals surface area (Å²) in [6, 6.07) is 10.1. The number of rotatable bonds is 1. The maximum absolute atomic E-state index is 9.26. The molecule has 1 aliphatic rings. The predicted octanol–water partition coefficient (Wildman–Crippen LogP) is 2.18. The molecule has 0 saturated carbocycles. The van der Waals surface area contributed by atoms with Gasteiger partial charge in [0, 0.05) is 12.2 Å². The molecule has 0 aliphatic carbocycles. The van der Waals surface area contributed by atoms with Crippen LogP contribution in [0.3, 0.4) is 0 Å². The fourth-order valence-electron chi connectivity index (χ4n) is 2.14. The van der Waals surface area contributed by atoms with E-state index in [1.54, 1.807) is 0 Å². The smallest absolute Gasteiger partial charge is 0.150 e. The number of nitrogens with zero attached hydrogens (tertiary/aromatic N) is 2. The van der Waals surface area contributed by atoms with E-state index in [9.17, 15) is 5.26 Å². The topological polar surface area (TPSA) is 64.5 Å². The van der Waals surface area contributed by atoms with Gasteiger partial charge in [-0.05, 0) is 25.0 Å². The number of para-hydroxylation sites is 2. The van der Waals surface area contributed by atoms with Gasteiger partial charge in [0.25, 0.3) is 0 Å². The largest absolute Gasteiger partial charge is 0.387 e. The molecule has 3 rings (SSSR count). The van der Waals surface area contributed by atoms with Gasteiger partial charge in [-0.3, -0.25) is 0 Å². The second kappa shape index (κ2) is 3.95. The molecule has 0 radical (unpaired) electrons. The minimum Gasteiger partial charge on any atom is -0.387 e. The zero-order valence-corrected chi connectivity index (χ0v) is 9.33.